The van der Waals surface area contributed by atoms with Crippen LogP contribution in [0.1, 0.15) is 11.3 Å². The summed E-state index contributed by atoms with van der Waals surface area (Å²) in [5.74, 6) is 0.911. The molecule has 0 saturated carbocycles. The van der Waals surface area contributed by atoms with Crippen molar-refractivity contribution in [2.24, 2.45) is 0 Å². The summed E-state index contributed by atoms with van der Waals surface area (Å²) in [6.07, 6.45) is 1.67. The van der Waals surface area contributed by atoms with Crippen molar-refractivity contribution in [3.05, 3.63) is 47.9 Å². The number of nitrogens with two attached hydrogens (primary N) is 1. The van der Waals surface area contributed by atoms with Crippen molar-refractivity contribution in [2.45, 2.75) is 13.5 Å². The first-order valence-corrected chi connectivity index (χ1v) is 4.88. The number of furan rings is 1. The standard InChI is InChI=1S/C12H14N2O/c1-9-4-5-10(7-12(9)13)14-8-11-3-2-6-15-11/h2-7,14H,8,13H2,1H3. The van der Waals surface area contributed by atoms with Gasteiger partial charge in [-0.25, -0.2) is 0 Å². The van der Waals surface area contributed by atoms with Crippen molar-refractivity contribution < 1.29 is 4.42 Å². The second-order valence-electron chi connectivity index (χ2n) is 3.50. The van der Waals surface area contributed by atoms with Crippen molar-refractivity contribution in [3.63, 3.8) is 0 Å². The Morgan fingerprint density at radius 1 is 1.33 bits per heavy atom. The second-order valence-corrected chi connectivity index (χ2v) is 3.50. The predicted octanol–water partition coefficient (Wildman–Crippen LogP) is 2.78. The normalized spacial score (nSPS) is 10.2. The van der Waals surface area contributed by atoms with Gasteiger partial charge in [-0.1, -0.05) is 6.07 Å². The molecule has 78 valence electrons. The number of nitrogen functional groups attached to an aromatic ring is 1. The number of hydrogen-bond acceptors (Lipinski definition) is 3. The fraction of sp³-hybridized carbons (Fsp3) is 0.167. The van der Waals surface area contributed by atoms with E-state index in [0.29, 0.717) is 6.54 Å². The number of benzene rings is 1. The maximum Gasteiger partial charge on any atom is 0.122 e. The molecule has 3 nitrogen and oxygen atoms in total. The Bertz CT molecular complexity index is 435. The predicted molar refractivity (Wildman–Crippen MR) is 61.6 cm³/mol. The van der Waals surface area contributed by atoms with Gasteiger partial charge in [0.25, 0.3) is 0 Å². The average Bonchev–Trinajstić information content (AvgIpc) is 2.73. The average molecular weight is 202 g/mol. The monoisotopic (exact) mass is 202 g/mol. The van der Waals surface area contributed by atoms with Gasteiger partial charge in [-0.05, 0) is 36.8 Å². The van der Waals surface area contributed by atoms with Crippen molar-refractivity contribution >= 4 is 11.4 Å². The third-order valence-electron chi connectivity index (χ3n) is 2.33. The molecule has 0 aliphatic carbocycles. The quantitative estimate of drug-likeness (QED) is 0.752. The van der Waals surface area contributed by atoms with E-state index in [4.69, 9.17) is 10.2 Å². The molecule has 2 rings (SSSR count). The maximum atomic E-state index is 5.81. The zero-order valence-electron chi connectivity index (χ0n) is 8.66. The Balaban J connectivity index is 2.02. The molecule has 0 aliphatic rings. The largest absolute Gasteiger partial charge is 0.467 e. The van der Waals surface area contributed by atoms with Crippen molar-refractivity contribution in [2.75, 3.05) is 11.1 Å². The van der Waals surface area contributed by atoms with Crippen LogP contribution in [-0.2, 0) is 6.54 Å². The van der Waals surface area contributed by atoms with Gasteiger partial charge in [0.05, 0.1) is 12.8 Å². The molecule has 0 aliphatic heterocycles. The molecule has 0 fully saturated rings. The van der Waals surface area contributed by atoms with Crippen LogP contribution in [0.2, 0.25) is 0 Å². The maximum absolute atomic E-state index is 5.81. The van der Waals surface area contributed by atoms with Gasteiger partial charge in [0.1, 0.15) is 5.76 Å². The van der Waals surface area contributed by atoms with Crippen molar-refractivity contribution in [1.29, 1.82) is 0 Å². The van der Waals surface area contributed by atoms with Crippen LogP contribution >= 0.6 is 0 Å². The molecule has 0 atom stereocenters. The molecule has 0 saturated heterocycles. The molecular weight excluding hydrogens is 188 g/mol. The zero-order chi connectivity index (χ0) is 10.7. The van der Waals surface area contributed by atoms with Gasteiger partial charge in [0.2, 0.25) is 0 Å². The molecule has 0 bridgehead atoms. The third kappa shape index (κ3) is 2.31. The highest BCUT2D eigenvalue weighted by atomic mass is 16.3. The SMILES string of the molecule is Cc1ccc(NCc2ccco2)cc1N. The summed E-state index contributed by atoms with van der Waals surface area (Å²) in [5.41, 5.74) is 8.72. The van der Waals surface area contributed by atoms with Gasteiger partial charge in [0.15, 0.2) is 0 Å². The van der Waals surface area contributed by atoms with Crippen LogP contribution in [-0.4, -0.2) is 0 Å². The summed E-state index contributed by atoms with van der Waals surface area (Å²) >= 11 is 0. The summed E-state index contributed by atoms with van der Waals surface area (Å²) in [4.78, 5) is 0. The highest BCUT2D eigenvalue weighted by molar-refractivity contribution is 5.58. The second kappa shape index (κ2) is 4.09. The Morgan fingerprint density at radius 2 is 2.20 bits per heavy atom. The van der Waals surface area contributed by atoms with Gasteiger partial charge in [-0.3, -0.25) is 0 Å². The van der Waals surface area contributed by atoms with Gasteiger partial charge < -0.3 is 15.5 Å². The number of hydrogen-bond donors (Lipinski definition) is 2. The van der Waals surface area contributed by atoms with E-state index in [0.717, 1.165) is 22.7 Å². The molecule has 1 heterocycles. The van der Waals surface area contributed by atoms with E-state index >= 15 is 0 Å². The first-order chi connectivity index (χ1) is 7.25. The topological polar surface area (TPSA) is 51.2 Å². The van der Waals surface area contributed by atoms with Crippen LogP contribution in [0.25, 0.3) is 0 Å². The fourth-order valence-electron chi connectivity index (χ4n) is 1.35. The highest BCUT2D eigenvalue weighted by Gasteiger charge is 1.98. The molecule has 1 aromatic heterocycles. The Kier molecular flexibility index (Phi) is 2.63. The van der Waals surface area contributed by atoms with E-state index in [-0.39, 0.29) is 0 Å². The molecule has 2 aromatic rings. The number of anilines is 2. The van der Waals surface area contributed by atoms with Gasteiger partial charge >= 0.3 is 0 Å². The first-order valence-electron chi connectivity index (χ1n) is 4.88. The minimum absolute atomic E-state index is 0.676. The van der Waals surface area contributed by atoms with E-state index in [1.54, 1.807) is 6.26 Å². The first kappa shape index (κ1) is 9.65. The molecular formula is C12H14N2O. The lowest BCUT2D eigenvalue weighted by atomic mass is 10.2. The Morgan fingerprint density at radius 3 is 2.87 bits per heavy atom. The number of nitrogens with one attached hydrogen (secondary N) is 1. The van der Waals surface area contributed by atoms with Crippen LogP contribution in [0, 0.1) is 6.92 Å². The van der Waals surface area contributed by atoms with E-state index in [1.165, 1.54) is 0 Å². The summed E-state index contributed by atoms with van der Waals surface area (Å²) in [5, 5.41) is 3.24. The Labute approximate surface area is 88.9 Å². The molecule has 0 radical (unpaired) electrons. The molecule has 3 N–H and O–H groups in total. The van der Waals surface area contributed by atoms with Gasteiger partial charge in [-0.2, -0.15) is 0 Å². The summed E-state index contributed by atoms with van der Waals surface area (Å²) < 4.78 is 5.22. The zero-order valence-corrected chi connectivity index (χ0v) is 8.66. The number of rotatable bonds is 3. The van der Waals surface area contributed by atoms with E-state index in [9.17, 15) is 0 Å². The third-order valence-corrected chi connectivity index (χ3v) is 2.33. The van der Waals surface area contributed by atoms with Crippen LogP contribution in [0.4, 0.5) is 11.4 Å². The lowest BCUT2D eigenvalue weighted by Gasteiger charge is -2.06. The molecule has 1 aromatic carbocycles. The van der Waals surface area contributed by atoms with E-state index in [1.807, 2.05) is 37.3 Å². The van der Waals surface area contributed by atoms with E-state index < -0.39 is 0 Å². The van der Waals surface area contributed by atoms with Crippen molar-refractivity contribution in [1.82, 2.24) is 0 Å². The highest BCUT2D eigenvalue weighted by Crippen LogP contribution is 2.17. The van der Waals surface area contributed by atoms with Gasteiger partial charge in [-0.15, -0.1) is 0 Å². The lowest BCUT2D eigenvalue weighted by molar-refractivity contribution is 0.518. The molecule has 3 heteroatoms. The minimum atomic E-state index is 0.676. The van der Waals surface area contributed by atoms with Crippen molar-refractivity contribution in [3.8, 4) is 0 Å². The summed E-state index contributed by atoms with van der Waals surface area (Å²) in [6.45, 7) is 2.67. The molecule has 0 amide bonds. The van der Waals surface area contributed by atoms with Crippen LogP contribution in [0.5, 0.6) is 0 Å². The van der Waals surface area contributed by atoms with E-state index in [2.05, 4.69) is 5.32 Å². The fourth-order valence-corrected chi connectivity index (χ4v) is 1.35. The smallest absolute Gasteiger partial charge is 0.122 e. The molecule has 0 spiro atoms. The van der Waals surface area contributed by atoms with Crippen LogP contribution < -0.4 is 11.1 Å². The number of aryl methyl sites for hydroxylation is 1. The summed E-state index contributed by atoms with van der Waals surface area (Å²) in [6, 6.07) is 9.75. The minimum Gasteiger partial charge on any atom is -0.467 e. The summed E-state index contributed by atoms with van der Waals surface area (Å²) in [7, 11) is 0. The van der Waals surface area contributed by atoms with Crippen LogP contribution in [0.3, 0.4) is 0 Å². The lowest BCUT2D eigenvalue weighted by Crippen LogP contribution is -1.99. The van der Waals surface area contributed by atoms with Crippen LogP contribution in [0.15, 0.2) is 41.0 Å². The molecule has 0 unspecified atom stereocenters. The Hall–Kier alpha value is -1.90. The molecule has 15 heavy (non-hydrogen) atoms. The van der Waals surface area contributed by atoms with Gasteiger partial charge in [0, 0.05) is 11.4 Å².